The first-order valence-corrected chi connectivity index (χ1v) is 27.1. The Hall–Kier alpha value is -6.84. The van der Waals surface area contributed by atoms with Crippen LogP contribution in [-0.4, -0.2) is 73.7 Å². The second-order valence-corrected chi connectivity index (χ2v) is 21.3. The summed E-state index contributed by atoms with van der Waals surface area (Å²) in [5.74, 6) is 2.29. The van der Waals surface area contributed by atoms with Crippen LogP contribution in [0.5, 0.6) is 23.0 Å². The van der Waals surface area contributed by atoms with E-state index < -0.39 is 0 Å². The van der Waals surface area contributed by atoms with E-state index in [1.54, 1.807) is 31.9 Å². The van der Waals surface area contributed by atoms with Gasteiger partial charge in [-0.1, -0.05) is 87.3 Å². The molecule has 0 fully saturated rings. The number of pyridine rings is 2. The Morgan fingerprint density at radius 3 is 1.53 bits per heavy atom. The van der Waals surface area contributed by atoms with Crippen LogP contribution in [-0.2, 0) is 58.6 Å². The molecule has 412 valence electrons. The van der Waals surface area contributed by atoms with Gasteiger partial charge in [0.05, 0.1) is 49.4 Å². The van der Waals surface area contributed by atoms with Crippen LogP contribution in [0, 0.1) is 25.7 Å². The van der Waals surface area contributed by atoms with E-state index in [2.05, 4.69) is 96.4 Å². The predicted molar refractivity (Wildman–Crippen MR) is 308 cm³/mol. The Labute approximate surface area is 469 Å². The van der Waals surface area contributed by atoms with Crippen LogP contribution in [0.2, 0.25) is 10.0 Å². The zero-order chi connectivity index (χ0) is 55.7. The summed E-state index contributed by atoms with van der Waals surface area (Å²) in [6.07, 6.45) is 10.9. The van der Waals surface area contributed by atoms with E-state index >= 15 is 0 Å². The van der Waals surface area contributed by atoms with Gasteiger partial charge in [0.15, 0.2) is 0 Å². The van der Waals surface area contributed by atoms with E-state index in [0.29, 0.717) is 58.0 Å². The summed E-state index contributed by atoms with van der Waals surface area (Å²) >= 11 is 14.0. The van der Waals surface area contributed by atoms with Crippen LogP contribution < -0.4 is 29.6 Å². The van der Waals surface area contributed by atoms with Crippen molar-refractivity contribution < 1.29 is 38.0 Å². The third kappa shape index (κ3) is 17.1. The Morgan fingerprint density at radius 1 is 0.615 bits per heavy atom. The summed E-state index contributed by atoms with van der Waals surface area (Å²) in [5, 5.41) is 7.96. The van der Waals surface area contributed by atoms with Crippen LogP contribution in [0.3, 0.4) is 0 Å². The maximum absolute atomic E-state index is 12.3. The zero-order valence-corrected chi connectivity index (χ0v) is 47.7. The minimum absolute atomic E-state index is 0.111. The lowest BCUT2D eigenvalue weighted by atomic mass is 9.92. The summed E-state index contributed by atoms with van der Waals surface area (Å²) in [7, 11) is 4.53. The molecule has 2 aromatic heterocycles. The summed E-state index contributed by atoms with van der Waals surface area (Å²) in [5.41, 5.74) is 12.5. The first-order valence-electron chi connectivity index (χ1n) is 26.4. The fourth-order valence-corrected chi connectivity index (χ4v) is 9.74. The summed E-state index contributed by atoms with van der Waals surface area (Å²) in [4.78, 5) is 41.9. The van der Waals surface area contributed by atoms with Crippen molar-refractivity contribution in [2.24, 2.45) is 21.8 Å². The molecule has 0 saturated heterocycles. The molecule has 2 atom stereocenters. The lowest BCUT2D eigenvalue weighted by Gasteiger charge is -2.22. The molecular weight excluding hydrogens is 1030 g/mol. The monoisotopic (exact) mass is 1100 g/mol. The highest BCUT2D eigenvalue weighted by atomic mass is 35.5. The van der Waals surface area contributed by atoms with E-state index in [-0.39, 0.29) is 63.3 Å². The highest BCUT2D eigenvalue weighted by molar-refractivity contribution is 6.32. The van der Waals surface area contributed by atoms with Gasteiger partial charge in [0.1, 0.15) is 49.4 Å². The molecule has 6 aromatic rings. The number of ether oxygens (including phenoxy) is 6. The van der Waals surface area contributed by atoms with Crippen molar-refractivity contribution in [1.82, 2.24) is 20.6 Å². The summed E-state index contributed by atoms with van der Waals surface area (Å²) in [6, 6.07) is 23.6. The Balaban J connectivity index is 1.09. The van der Waals surface area contributed by atoms with Crippen molar-refractivity contribution in [2.45, 2.75) is 119 Å². The Morgan fingerprint density at radius 2 is 1.08 bits per heavy atom. The van der Waals surface area contributed by atoms with Gasteiger partial charge in [-0.3, -0.25) is 29.5 Å². The average molecular weight is 1100 g/mol. The van der Waals surface area contributed by atoms with Crippen LogP contribution in [0.1, 0.15) is 109 Å². The number of hydrogen-bond acceptors (Lipinski definition) is 14. The van der Waals surface area contributed by atoms with E-state index in [1.165, 1.54) is 14.2 Å². The van der Waals surface area contributed by atoms with Gasteiger partial charge >= 0.3 is 11.9 Å². The smallest absolute Gasteiger partial charge is 0.307 e. The number of halogens is 2. The third-order valence-electron chi connectivity index (χ3n) is 13.5. The number of aliphatic imine (C=N–C) groups is 2. The molecular formula is C62H72Cl2N6O8. The van der Waals surface area contributed by atoms with Gasteiger partial charge in [-0.25, -0.2) is 0 Å². The van der Waals surface area contributed by atoms with Crippen LogP contribution in [0.15, 0.2) is 108 Å². The molecule has 4 aromatic carbocycles. The SMILES string of the molecule is CN=Cc1cncc(COc2cc(OCc3cccc(-c4cccc(COc5cc(OCc6cncc(C7=NC7)c6)c(CNC(CC(=O)OC)CC(C)C)cc5Cl)c4C)c3C)c(Cl)cc2CNC(CC(=O)OC)CC(C)C)c1. The van der Waals surface area contributed by atoms with Gasteiger partial charge in [-0.15, -0.1) is 0 Å². The van der Waals surface area contributed by atoms with Crippen molar-refractivity contribution in [3.63, 3.8) is 0 Å². The lowest BCUT2D eigenvalue weighted by molar-refractivity contribution is -0.142. The molecule has 2 N–H and O–H groups in total. The molecule has 1 aliphatic rings. The fraction of sp³-hybridized carbons (Fsp3) is 0.387. The third-order valence-corrected chi connectivity index (χ3v) is 14.1. The molecule has 7 rings (SSSR count). The van der Waals surface area contributed by atoms with E-state index in [9.17, 15) is 9.59 Å². The van der Waals surface area contributed by atoms with Gasteiger partial charge in [-0.05, 0) is 96.2 Å². The first-order chi connectivity index (χ1) is 37.6. The largest absolute Gasteiger partial charge is 0.488 e. The second kappa shape index (κ2) is 28.7. The number of benzene rings is 4. The number of nitrogens with one attached hydrogen (secondary N) is 2. The molecule has 14 nitrogen and oxygen atoms in total. The van der Waals surface area contributed by atoms with Gasteiger partial charge in [0.25, 0.3) is 0 Å². The van der Waals surface area contributed by atoms with Crippen molar-refractivity contribution in [2.75, 3.05) is 27.8 Å². The van der Waals surface area contributed by atoms with Crippen molar-refractivity contribution in [1.29, 1.82) is 0 Å². The number of methoxy groups -OCH3 is 2. The number of hydrogen-bond donors (Lipinski definition) is 2. The quantitative estimate of drug-likeness (QED) is 0.0338. The maximum Gasteiger partial charge on any atom is 0.307 e. The average Bonchev–Trinajstić information content (AvgIpc) is 4.28. The molecule has 0 radical (unpaired) electrons. The molecule has 3 heterocycles. The number of carbonyl (C=O) groups excluding carboxylic acids is 2. The second-order valence-electron chi connectivity index (χ2n) is 20.4. The number of nitrogens with zero attached hydrogens (tertiary/aromatic N) is 4. The number of carbonyl (C=O) groups is 2. The van der Waals surface area contributed by atoms with Crippen molar-refractivity contribution in [3.8, 4) is 34.1 Å². The van der Waals surface area contributed by atoms with Gasteiger partial charge in [-0.2, -0.15) is 0 Å². The Kier molecular flexibility index (Phi) is 21.6. The summed E-state index contributed by atoms with van der Waals surface area (Å²) < 4.78 is 36.1. The highest BCUT2D eigenvalue weighted by Crippen LogP contribution is 2.38. The molecule has 78 heavy (non-hydrogen) atoms. The van der Waals surface area contributed by atoms with Crippen LogP contribution in [0.4, 0.5) is 0 Å². The number of aromatic nitrogens is 2. The van der Waals surface area contributed by atoms with Gasteiger partial charge in [0, 0.05) is 109 Å². The summed E-state index contributed by atoms with van der Waals surface area (Å²) in [6.45, 7) is 15.2. The molecule has 0 bridgehead atoms. The van der Waals surface area contributed by atoms with Crippen molar-refractivity contribution >= 4 is 47.1 Å². The van der Waals surface area contributed by atoms with Crippen molar-refractivity contribution in [3.05, 3.63) is 163 Å². The molecule has 0 saturated carbocycles. The molecule has 16 heteroatoms. The highest BCUT2D eigenvalue weighted by Gasteiger charge is 2.22. The molecule has 0 amide bonds. The molecule has 0 aliphatic carbocycles. The topological polar surface area (TPSA) is 164 Å². The normalized spacial score (nSPS) is 12.9. The van der Waals surface area contributed by atoms with E-state index in [4.69, 9.17) is 51.6 Å². The standard InChI is InChI=1S/C62H72Cl2N6O8/c1-38(2)16-50(22-61(71)73-8)68-31-48-20-54(63)59(24-57(48)75-34-43-18-42(26-65-7)27-66-28-43)77-36-45-12-10-14-52(40(45)5)53-15-11-13-46(41(53)6)37-78-60-25-58(76-35-44-19-47(30-67-29-44)56-33-70-56)49(21-55(60)64)32-69-51(17-39(3)4)23-62(72)74-9/h10-15,18-21,24-30,38-39,50-51,68-69H,16-17,22-23,31-37H2,1-9H3. The molecule has 0 spiro atoms. The number of rotatable bonds is 29. The molecule has 2 unspecified atom stereocenters. The molecule has 1 aliphatic heterocycles. The minimum atomic E-state index is -0.276. The number of esters is 2. The first kappa shape index (κ1) is 58.8. The predicted octanol–water partition coefficient (Wildman–Crippen LogP) is 12.4. The zero-order valence-electron chi connectivity index (χ0n) is 46.2. The van der Waals surface area contributed by atoms with Crippen LogP contribution in [0.25, 0.3) is 11.1 Å². The Bertz CT molecular complexity index is 3090. The van der Waals surface area contributed by atoms with Crippen LogP contribution >= 0.6 is 23.2 Å². The van der Waals surface area contributed by atoms with Gasteiger partial charge < -0.3 is 39.1 Å². The maximum atomic E-state index is 12.3. The minimum Gasteiger partial charge on any atom is -0.488 e. The lowest BCUT2D eigenvalue weighted by Crippen LogP contribution is -2.32. The van der Waals surface area contributed by atoms with E-state index in [0.717, 1.165) is 91.9 Å². The van der Waals surface area contributed by atoms with Gasteiger partial charge in [0.2, 0.25) is 0 Å². The van der Waals surface area contributed by atoms with E-state index in [1.807, 2.05) is 54.7 Å². The fourth-order valence-electron chi connectivity index (χ4n) is 9.26.